The highest BCUT2D eigenvalue weighted by Gasteiger charge is 2.16. The molecule has 0 aromatic heterocycles. The van der Waals surface area contributed by atoms with E-state index in [1.54, 1.807) is 0 Å². The summed E-state index contributed by atoms with van der Waals surface area (Å²) in [4.78, 5) is 11.2. The molecule has 4 heteroatoms. The van der Waals surface area contributed by atoms with Crippen LogP contribution in [-0.2, 0) is 11.3 Å². The minimum absolute atomic E-state index is 0.0687. The fourth-order valence-corrected chi connectivity index (χ4v) is 2.13. The van der Waals surface area contributed by atoms with Crippen LogP contribution < -0.4 is 15.8 Å². The van der Waals surface area contributed by atoms with Crippen LogP contribution in [0.25, 0.3) is 11.1 Å². The number of ether oxygens (including phenoxy) is 1. The molecular formula is C15H14N2O2. The Morgan fingerprint density at radius 3 is 2.84 bits per heavy atom. The molecular weight excluding hydrogens is 240 g/mol. The van der Waals surface area contributed by atoms with E-state index in [4.69, 9.17) is 10.5 Å². The van der Waals surface area contributed by atoms with Crippen molar-refractivity contribution in [3.05, 3.63) is 48.0 Å². The lowest BCUT2D eigenvalue weighted by Crippen LogP contribution is -2.25. The molecule has 0 radical (unpaired) electrons. The zero-order chi connectivity index (χ0) is 13.2. The van der Waals surface area contributed by atoms with Gasteiger partial charge in [-0.3, -0.25) is 4.79 Å². The molecule has 1 amide bonds. The molecule has 3 rings (SSSR count). The van der Waals surface area contributed by atoms with Gasteiger partial charge in [0.05, 0.1) is 5.69 Å². The Labute approximate surface area is 111 Å². The zero-order valence-electron chi connectivity index (χ0n) is 10.3. The first-order valence-corrected chi connectivity index (χ1v) is 6.12. The van der Waals surface area contributed by atoms with E-state index in [1.165, 1.54) is 0 Å². The molecule has 1 aliphatic heterocycles. The van der Waals surface area contributed by atoms with Crippen molar-refractivity contribution in [2.24, 2.45) is 5.73 Å². The van der Waals surface area contributed by atoms with E-state index >= 15 is 0 Å². The molecule has 0 atom stereocenters. The molecule has 0 spiro atoms. The Morgan fingerprint density at radius 2 is 2.00 bits per heavy atom. The van der Waals surface area contributed by atoms with Crippen molar-refractivity contribution >= 4 is 11.6 Å². The van der Waals surface area contributed by atoms with Crippen molar-refractivity contribution in [1.82, 2.24) is 0 Å². The maximum absolute atomic E-state index is 11.2. The molecule has 1 aliphatic rings. The van der Waals surface area contributed by atoms with E-state index in [0.717, 1.165) is 22.4 Å². The van der Waals surface area contributed by atoms with Crippen LogP contribution in [0.4, 0.5) is 5.69 Å². The Morgan fingerprint density at radius 1 is 1.16 bits per heavy atom. The van der Waals surface area contributed by atoms with E-state index in [9.17, 15) is 4.79 Å². The lowest BCUT2D eigenvalue weighted by molar-refractivity contribution is -0.118. The molecule has 0 aliphatic carbocycles. The first-order chi connectivity index (χ1) is 9.26. The lowest BCUT2D eigenvalue weighted by atomic mass is 10.0. The number of amides is 1. The van der Waals surface area contributed by atoms with E-state index in [-0.39, 0.29) is 12.5 Å². The number of nitrogens with one attached hydrogen (secondary N) is 1. The first-order valence-electron chi connectivity index (χ1n) is 6.12. The summed E-state index contributed by atoms with van der Waals surface area (Å²) < 4.78 is 5.42. The van der Waals surface area contributed by atoms with Gasteiger partial charge >= 0.3 is 0 Å². The fraction of sp³-hybridized carbons (Fsp3) is 0.133. The molecule has 3 N–H and O–H groups in total. The minimum atomic E-state index is -0.120. The second kappa shape index (κ2) is 4.74. The zero-order valence-corrected chi connectivity index (χ0v) is 10.3. The van der Waals surface area contributed by atoms with Gasteiger partial charge in [-0.15, -0.1) is 0 Å². The fourth-order valence-electron chi connectivity index (χ4n) is 2.13. The highest BCUT2D eigenvalue weighted by Crippen LogP contribution is 2.32. The van der Waals surface area contributed by atoms with Gasteiger partial charge in [0.15, 0.2) is 6.61 Å². The summed E-state index contributed by atoms with van der Waals surface area (Å²) in [6, 6.07) is 13.8. The number of carbonyl (C=O) groups excluding carboxylic acids is 1. The monoisotopic (exact) mass is 254 g/mol. The second-order valence-electron chi connectivity index (χ2n) is 4.45. The predicted octanol–water partition coefficient (Wildman–Crippen LogP) is 2.14. The van der Waals surface area contributed by atoms with Crippen LogP contribution >= 0.6 is 0 Å². The molecule has 19 heavy (non-hydrogen) atoms. The summed E-state index contributed by atoms with van der Waals surface area (Å²) in [5.74, 6) is 0.584. The maximum Gasteiger partial charge on any atom is 0.262 e. The van der Waals surface area contributed by atoms with Gasteiger partial charge in [0, 0.05) is 6.54 Å². The van der Waals surface area contributed by atoms with E-state index in [2.05, 4.69) is 11.4 Å². The third-order valence-electron chi connectivity index (χ3n) is 3.11. The highest BCUT2D eigenvalue weighted by molar-refractivity contribution is 5.95. The smallest absolute Gasteiger partial charge is 0.262 e. The summed E-state index contributed by atoms with van der Waals surface area (Å²) in [6.07, 6.45) is 0. The molecule has 0 unspecified atom stereocenters. The predicted molar refractivity (Wildman–Crippen MR) is 73.9 cm³/mol. The molecule has 2 aromatic rings. The maximum atomic E-state index is 11.2. The Hall–Kier alpha value is -2.33. The second-order valence-corrected chi connectivity index (χ2v) is 4.45. The van der Waals surface area contributed by atoms with Gasteiger partial charge in [0.2, 0.25) is 0 Å². The number of rotatable bonds is 2. The van der Waals surface area contributed by atoms with Crippen LogP contribution in [0.5, 0.6) is 5.75 Å². The molecule has 0 saturated carbocycles. The van der Waals surface area contributed by atoms with Gasteiger partial charge in [-0.25, -0.2) is 0 Å². The Balaban J connectivity index is 1.99. The van der Waals surface area contributed by atoms with Crippen molar-refractivity contribution in [3.8, 4) is 16.9 Å². The number of nitrogens with two attached hydrogens (primary N) is 1. The van der Waals surface area contributed by atoms with E-state index in [0.29, 0.717) is 12.3 Å². The number of fused-ring (bicyclic) bond motifs is 1. The van der Waals surface area contributed by atoms with Gasteiger partial charge in [-0.2, -0.15) is 0 Å². The normalized spacial score (nSPS) is 13.4. The summed E-state index contributed by atoms with van der Waals surface area (Å²) in [5, 5.41) is 2.78. The molecule has 4 nitrogen and oxygen atoms in total. The summed E-state index contributed by atoms with van der Waals surface area (Å²) in [7, 11) is 0. The van der Waals surface area contributed by atoms with Crippen LogP contribution in [-0.4, -0.2) is 12.5 Å². The average molecular weight is 254 g/mol. The van der Waals surface area contributed by atoms with Gasteiger partial charge in [-0.1, -0.05) is 24.3 Å². The van der Waals surface area contributed by atoms with Gasteiger partial charge in [0.25, 0.3) is 5.91 Å². The third kappa shape index (κ3) is 2.30. The number of carbonyl (C=O) groups is 1. The van der Waals surface area contributed by atoms with Crippen LogP contribution in [0, 0.1) is 0 Å². The SMILES string of the molecule is NCc1cccc(-c2ccc3c(c2)OCC(=O)N3)c1. The van der Waals surface area contributed by atoms with Gasteiger partial charge in [0.1, 0.15) is 5.75 Å². The summed E-state index contributed by atoms with van der Waals surface area (Å²) >= 11 is 0. The summed E-state index contributed by atoms with van der Waals surface area (Å²) in [6.45, 7) is 0.588. The van der Waals surface area contributed by atoms with Crippen LogP contribution in [0.15, 0.2) is 42.5 Å². The quantitative estimate of drug-likeness (QED) is 0.863. The van der Waals surface area contributed by atoms with Crippen LogP contribution in [0.3, 0.4) is 0 Å². The lowest BCUT2D eigenvalue weighted by Gasteiger charge is -2.18. The number of anilines is 1. The largest absolute Gasteiger partial charge is 0.482 e. The Bertz CT molecular complexity index is 638. The van der Waals surface area contributed by atoms with Crippen molar-refractivity contribution in [2.75, 3.05) is 11.9 Å². The summed E-state index contributed by atoms with van der Waals surface area (Å²) in [5.41, 5.74) is 9.59. The first kappa shape index (κ1) is 11.7. The van der Waals surface area contributed by atoms with Crippen LogP contribution in [0.1, 0.15) is 5.56 Å². The van der Waals surface area contributed by atoms with Crippen molar-refractivity contribution < 1.29 is 9.53 Å². The molecule has 1 heterocycles. The Kier molecular flexibility index (Phi) is 2.93. The highest BCUT2D eigenvalue weighted by atomic mass is 16.5. The van der Waals surface area contributed by atoms with Gasteiger partial charge < -0.3 is 15.8 Å². The molecule has 0 bridgehead atoms. The molecule has 0 saturated heterocycles. The van der Waals surface area contributed by atoms with Crippen molar-refractivity contribution in [1.29, 1.82) is 0 Å². The topological polar surface area (TPSA) is 64.3 Å². The van der Waals surface area contributed by atoms with E-state index < -0.39 is 0 Å². The third-order valence-corrected chi connectivity index (χ3v) is 3.11. The number of hydrogen-bond acceptors (Lipinski definition) is 3. The standard InChI is InChI=1S/C15H14N2O2/c16-8-10-2-1-3-11(6-10)12-4-5-13-14(7-12)19-9-15(18)17-13/h1-7H,8-9,16H2,(H,17,18). The average Bonchev–Trinajstić information content (AvgIpc) is 2.46. The van der Waals surface area contributed by atoms with Crippen molar-refractivity contribution in [3.63, 3.8) is 0 Å². The van der Waals surface area contributed by atoms with E-state index in [1.807, 2.05) is 36.4 Å². The molecule has 96 valence electrons. The number of benzene rings is 2. The minimum Gasteiger partial charge on any atom is -0.482 e. The molecule has 0 fully saturated rings. The van der Waals surface area contributed by atoms with Gasteiger partial charge in [-0.05, 0) is 34.9 Å². The van der Waals surface area contributed by atoms with Crippen molar-refractivity contribution in [2.45, 2.75) is 6.54 Å². The molecule has 2 aromatic carbocycles. The number of hydrogen-bond donors (Lipinski definition) is 2. The van der Waals surface area contributed by atoms with Crippen LogP contribution in [0.2, 0.25) is 0 Å².